The second-order valence-electron chi connectivity index (χ2n) is 11.4. The van der Waals surface area contributed by atoms with Gasteiger partial charge in [-0.15, -0.1) is 0 Å². The van der Waals surface area contributed by atoms with Crippen LogP contribution in [0.25, 0.3) is 0 Å². The van der Waals surface area contributed by atoms with Crippen LogP contribution in [-0.2, 0) is 22.7 Å². The monoisotopic (exact) mass is 578 g/mol. The van der Waals surface area contributed by atoms with Crippen molar-refractivity contribution in [2.45, 2.75) is 55.7 Å². The smallest absolute Gasteiger partial charge is 0.180 e. The zero-order valence-electron chi connectivity index (χ0n) is 24.7. The number of hydrogen-bond donors (Lipinski definition) is 0. The first-order chi connectivity index (χ1) is 19.7. The summed E-state index contributed by atoms with van der Waals surface area (Å²) in [4.78, 5) is 21.3. The van der Waals surface area contributed by atoms with E-state index in [9.17, 15) is 8.42 Å². The van der Waals surface area contributed by atoms with Crippen molar-refractivity contribution in [3.8, 4) is 5.75 Å². The van der Waals surface area contributed by atoms with Crippen LogP contribution in [0.4, 0.5) is 5.69 Å². The van der Waals surface area contributed by atoms with Crippen LogP contribution in [0.5, 0.6) is 5.75 Å². The Morgan fingerprint density at radius 2 is 1.56 bits per heavy atom. The van der Waals surface area contributed by atoms with E-state index in [0.29, 0.717) is 41.0 Å². The number of aromatic nitrogens is 3. The van der Waals surface area contributed by atoms with Crippen molar-refractivity contribution in [3.63, 3.8) is 0 Å². The third-order valence-electron chi connectivity index (χ3n) is 8.42. The van der Waals surface area contributed by atoms with Gasteiger partial charge in [-0.05, 0) is 51.4 Å². The number of hydrogen-bond acceptors (Lipinski definition) is 9. The molecular formula is C31H42N6O3S. The van der Waals surface area contributed by atoms with Gasteiger partial charge in [0.05, 0.1) is 17.3 Å². The summed E-state index contributed by atoms with van der Waals surface area (Å²) in [6.07, 6.45) is 4.68. The van der Waals surface area contributed by atoms with Gasteiger partial charge in [0, 0.05) is 75.5 Å². The molecular weight excluding hydrogens is 536 g/mol. The van der Waals surface area contributed by atoms with E-state index < -0.39 is 15.1 Å². The molecule has 2 aromatic carbocycles. The van der Waals surface area contributed by atoms with E-state index in [-0.39, 0.29) is 0 Å². The van der Waals surface area contributed by atoms with Gasteiger partial charge in [-0.1, -0.05) is 24.3 Å². The zero-order valence-corrected chi connectivity index (χ0v) is 25.5. The van der Waals surface area contributed by atoms with E-state index in [1.807, 2.05) is 12.1 Å². The molecule has 2 saturated heterocycles. The molecule has 2 aliphatic rings. The van der Waals surface area contributed by atoms with Crippen LogP contribution < -0.4 is 9.64 Å². The van der Waals surface area contributed by atoms with Gasteiger partial charge < -0.3 is 14.5 Å². The van der Waals surface area contributed by atoms with Crippen molar-refractivity contribution in [1.82, 2.24) is 24.8 Å². The number of nitrogens with zero attached hydrogens (tertiary/aromatic N) is 6. The summed E-state index contributed by atoms with van der Waals surface area (Å²) in [6.45, 7) is 10.2. The average molecular weight is 579 g/mol. The molecule has 0 saturated carbocycles. The first-order valence-electron chi connectivity index (χ1n) is 14.6. The van der Waals surface area contributed by atoms with Gasteiger partial charge in [0.25, 0.3) is 0 Å². The minimum atomic E-state index is -3.42. The maximum atomic E-state index is 12.9. The lowest BCUT2D eigenvalue weighted by Crippen LogP contribution is -2.52. The fourth-order valence-electron chi connectivity index (χ4n) is 5.81. The summed E-state index contributed by atoms with van der Waals surface area (Å²) < 4.78 is 31.6. The first kappa shape index (κ1) is 29.4. The molecule has 220 valence electrons. The number of rotatable bonds is 9. The van der Waals surface area contributed by atoms with Crippen molar-refractivity contribution >= 4 is 15.5 Å². The maximum absolute atomic E-state index is 12.9. The van der Waals surface area contributed by atoms with Gasteiger partial charge in [0.2, 0.25) is 0 Å². The standard InChI is InChI=1S/C31H42N6O3S/c1-23(2)41(38,39)29-8-6-5-7-25(29)20-31-33-22-32-30(34-31)19-24-9-10-27(21-28(24)40-4)36-13-11-26(12-14-36)37-17-15-35(3)16-18-37/h5-10,21-23,26H,11-20H2,1-4H3. The summed E-state index contributed by atoms with van der Waals surface area (Å²) in [7, 11) is 0.494. The van der Waals surface area contributed by atoms with Gasteiger partial charge in [-0.3, -0.25) is 4.90 Å². The average Bonchev–Trinajstić information content (AvgIpc) is 2.98. The first-order valence-corrected chi connectivity index (χ1v) is 16.1. The summed E-state index contributed by atoms with van der Waals surface area (Å²) in [5.74, 6) is 1.98. The Bertz CT molecular complexity index is 1430. The van der Waals surface area contributed by atoms with Crippen molar-refractivity contribution < 1.29 is 13.2 Å². The highest BCUT2D eigenvalue weighted by molar-refractivity contribution is 7.92. The molecule has 0 amide bonds. The lowest BCUT2D eigenvalue weighted by molar-refractivity contribution is 0.0982. The van der Waals surface area contributed by atoms with Crippen LogP contribution in [0.15, 0.2) is 53.7 Å². The largest absolute Gasteiger partial charge is 0.496 e. The third kappa shape index (κ3) is 6.88. The second-order valence-corrected chi connectivity index (χ2v) is 13.9. The maximum Gasteiger partial charge on any atom is 0.180 e. The van der Waals surface area contributed by atoms with Crippen LogP contribution in [0.1, 0.15) is 49.5 Å². The minimum Gasteiger partial charge on any atom is -0.496 e. The second kappa shape index (κ2) is 12.8. The number of piperazine rings is 1. The number of piperidine rings is 1. The molecule has 2 aliphatic heterocycles. The van der Waals surface area contributed by atoms with Gasteiger partial charge in [-0.2, -0.15) is 0 Å². The predicted molar refractivity (Wildman–Crippen MR) is 162 cm³/mol. The lowest BCUT2D eigenvalue weighted by atomic mass is 10.0. The Labute approximate surface area is 244 Å². The Morgan fingerprint density at radius 3 is 2.22 bits per heavy atom. The topological polar surface area (TPSA) is 91.8 Å². The Morgan fingerprint density at radius 1 is 0.902 bits per heavy atom. The van der Waals surface area contributed by atoms with Crippen molar-refractivity contribution in [2.24, 2.45) is 0 Å². The molecule has 3 heterocycles. The molecule has 5 rings (SSSR count). The van der Waals surface area contributed by atoms with E-state index >= 15 is 0 Å². The number of methoxy groups -OCH3 is 1. The molecule has 0 aliphatic carbocycles. The molecule has 0 spiro atoms. The number of anilines is 1. The highest BCUT2D eigenvalue weighted by atomic mass is 32.2. The van der Waals surface area contributed by atoms with Crippen molar-refractivity contribution in [2.75, 3.05) is 58.3 Å². The predicted octanol–water partition coefficient (Wildman–Crippen LogP) is 3.46. The van der Waals surface area contributed by atoms with Gasteiger partial charge >= 0.3 is 0 Å². The highest BCUT2D eigenvalue weighted by Crippen LogP contribution is 2.30. The zero-order chi connectivity index (χ0) is 29.0. The quantitative estimate of drug-likeness (QED) is 0.379. The molecule has 0 radical (unpaired) electrons. The SMILES string of the molecule is COc1cc(N2CCC(N3CCN(C)CC3)CC2)ccc1Cc1ncnc(Cc2ccccc2S(=O)(=O)C(C)C)n1. The third-order valence-corrected chi connectivity index (χ3v) is 10.7. The lowest BCUT2D eigenvalue weighted by Gasteiger charge is -2.42. The van der Waals surface area contributed by atoms with Crippen LogP contribution in [0.2, 0.25) is 0 Å². The molecule has 3 aromatic rings. The van der Waals surface area contributed by atoms with E-state index in [2.05, 4.69) is 54.9 Å². The Balaban J connectivity index is 1.26. The molecule has 0 N–H and O–H groups in total. The van der Waals surface area contributed by atoms with Gasteiger partial charge in [-0.25, -0.2) is 23.4 Å². The van der Waals surface area contributed by atoms with E-state index in [1.54, 1.807) is 33.1 Å². The van der Waals surface area contributed by atoms with Crippen LogP contribution >= 0.6 is 0 Å². The number of ether oxygens (including phenoxy) is 1. The summed E-state index contributed by atoms with van der Waals surface area (Å²) in [6, 6.07) is 14.2. The van der Waals surface area contributed by atoms with E-state index in [1.165, 1.54) is 37.9 Å². The molecule has 0 unspecified atom stereocenters. The minimum absolute atomic E-state index is 0.317. The number of benzene rings is 2. The van der Waals surface area contributed by atoms with Crippen LogP contribution in [0.3, 0.4) is 0 Å². The number of likely N-dealkylation sites (N-methyl/N-ethyl adjacent to an activating group) is 1. The molecule has 0 atom stereocenters. The summed E-state index contributed by atoms with van der Waals surface area (Å²) in [5, 5.41) is -0.503. The number of sulfone groups is 1. The molecule has 1 aromatic heterocycles. The Hall–Kier alpha value is -3.08. The van der Waals surface area contributed by atoms with E-state index in [4.69, 9.17) is 4.74 Å². The Kier molecular flexibility index (Phi) is 9.21. The van der Waals surface area contributed by atoms with Gasteiger partial charge in [0.1, 0.15) is 23.7 Å². The van der Waals surface area contributed by atoms with Crippen molar-refractivity contribution in [3.05, 3.63) is 71.6 Å². The summed E-state index contributed by atoms with van der Waals surface area (Å²) >= 11 is 0. The molecule has 9 nitrogen and oxygen atoms in total. The van der Waals surface area contributed by atoms with Crippen molar-refractivity contribution in [1.29, 1.82) is 0 Å². The van der Waals surface area contributed by atoms with Crippen LogP contribution in [0, 0.1) is 0 Å². The molecule has 2 fully saturated rings. The molecule has 0 bridgehead atoms. The highest BCUT2D eigenvalue weighted by Gasteiger charge is 2.27. The van der Waals surface area contributed by atoms with E-state index in [0.717, 1.165) is 37.5 Å². The van der Waals surface area contributed by atoms with Gasteiger partial charge in [0.15, 0.2) is 9.84 Å². The fourth-order valence-corrected chi connectivity index (χ4v) is 7.10. The summed E-state index contributed by atoms with van der Waals surface area (Å²) in [5.41, 5.74) is 2.88. The fraction of sp³-hybridized carbons (Fsp3) is 0.516. The molecule has 10 heteroatoms. The van der Waals surface area contributed by atoms with Crippen LogP contribution in [-0.4, -0.2) is 97.9 Å². The normalized spacial score (nSPS) is 17.7. The molecule has 41 heavy (non-hydrogen) atoms.